The number of halogens is 1. The summed E-state index contributed by atoms with van der Waals surface area (Å²) in [5.74, 6) is 0.111. The molecule has 1 aliphatic rings. The van der Waals surface area contributed by atoms with Gasteiger partial charge in [-0.1, -0.05) is 12.1 Å². The summed E-state index contributed by atoms with van der Waals surface area (Å²) < 4.78 is 1.22. The summed E-state index contributed by atoms with van der Waals surface area (Å²) in [4.78, 5) is 11.5. The van der Waals surface area contributed by atoms with E-state index in [0.717, 1.165) is 19.5 Å². The summed E-state index contributed by atoms with van der Waals surface area (Å²) >= 11 is 2.28. The van der Waals surface area contributed by atoms with Crippen LogP contribution in [0.1, 0.15) is 5.56 Å². The molecule has 1 amide bonds. The molecule has 4 heteroatoms. The molecule has 1 aliphatic heterocycles. The highest BCUT2D eigenvalue weighted by molar-refractivity contribution is 14.1. The molecule has 80 valence electrons. The van der Waals surface area contributed by atoms with E-state index in [1.165, 1.54) is 9.13 Å². The van der Waals surface area contributed by atoms with E-state index < -0.39 is 0 Å². The van der Waals surface area contributed by atoms with Crippen LogP contribution < -0.4 is 10.6 Å². The number of rotatable bonds is 2. The van der Waals surface area contributed by atoms with Gasteiger partial charge >= 0.3 is 0 Å². The maximum atomic E-state index is 11.5. The summed E-state index contributed by atoms with van der Waals surface area (Å²) in [6.45, 7) is 1.60. The molecule has 2 rings (SSSR count). The molecule has 0 radical (unpaired) electrons. The third kappa shape index (κ3) is 2.92. The minimum atomic E-state index is -0.0705. The number of hydrogen-bond donors (Lipinski definition) is 2. The van der Waals surface area contributed by atoms with E-state index in [0.29, 0.717) is 0 Å². The molecule has 1 aromatic carbocycles. The maximum absolute atomic E-state index is 11.5. The molecule has 1 heterocycles. The van der Waals surface area contributed by atoms with Crippen LogP contribution in [0.5, 0.6) is 0 Å². The summed E-state index contributed by atoms with van der Waals surface area (Å²) in [5, 5.41) is 6.08. The zero-order valence-corrected chi connectivity index (χ0v) is 10.5. The monoisotopic (exact) mass is 316 g/mol. The molecule has 3 nitrogen and oxygen atoms in total. The average Bonchev–Trinajstić information content (AvgIpc) is 2.25. The van der Waals surface area contributed by atoms with E-state index >= 15 is 0 Å². The summed E-state index contributed by atoms with van der Waals surface area (Å²) in [6.07, 6.45) is 0.767. The second-order valence-corrected chi connectivity index (χ2v) is 4.87. The van der Waals surface area contributed by atoms with Crippen molar-refractivity contribution >= 4 is 28.5 Å². The maximum Gasteiger partial charge on any atom is 0.237 e. The lowest BCUT2D eigenvalue weighted by atomic mass is 10.0. The molecule has 0 aromatic heterocycles. The van der Waals surface area contributed by atoms with Gasteiger partial charge < -0.3 is 10.6 Å². The van der Waals surface area contributed by atoms with E-state index in [9.17, 15) is 4.79 Å². The Hall–Kier alpha value is -0.620. The topological polar surface area (TPSA) is 41.1 Å². The SMILES string of the molecule is O=C1NCCNC1Cc1ccc(I)cc1. The van der Waals surface area contributed by atoms with Crippen molar-refractivity contribution in [3.63, 3.8) is 0 Å². The summed E-state index contributed by atoms with van der Waals surface area (Å²) in [6, 6.07) is 8.21. The smallest absolute Gasteiger partial charge is 0.237 e. The molecule has 0 spiro atoms. The highest BCUT2D eigenvalue weighted by Crippen LogP contribution is 2.09. The number of benzene rings is 1. The molecule has 1 unspecified atom stereocenters. The van der Waals surface area contributed by atoms with Crippen molar-refractivity contribution in [2.45, 2.75) is 12.5 Å². The first-order chi connectivity index (χ1) is 7.25. The zero-order valence-electron chi connectivity index (χ0n) is 8.29. The lowest BCUT2D eigenvalue weighted by molar-refractivity contribution is -0.124. The molecular formula is C11H13IN2O. The van der Waals surface area contributed by atoms with Crippen molar-refractivity contribution in [2.24, 2.45) is 0 Å². The van der Waals surface area contributed by atoms with Gasteiger partial charge in [-0.15, -0.1) is 0 Å². The number of nitrogens with one attached hydrogen (secondary N) is 2. The van der Waals surface area contributed by atoms with Crippen LogP contribution in [0.4, 0.5) is 0 Å². The Labute approximate surface area is 103 Å². The lowest BCUT2D eigenvalue weighted by Gasteiger charge is -2.23. The van der Waals surface area contributed by atoms with Crippen molar-refractivity contribution in [2.75, 3.05) is 13.1 Å². The van der Waals surface area contributed by atoms with Crippen LogP contribution in [-0.2, 0) is 11.2 Å². The third-order valence-electron chi connectivity index (χ3n) is 2.48. The van der Waals surface area contributed by atoms with Gasteiger partial charge in [-0.2, -0.15) is 0 Å². The van der Waals surface area contributed by atoms with Crippen LogP contribution in [0.25, 0.3) is 0 Å². The fraction of sp³-hybridized carbons (Fsp3) is 0.364. The van der Waals surface area contributed by atoms with Crippen molar-refractivity contribution in [3.8, 4) is 0 Å². The second kappa shape index (κ2) is 4.94. The van der Waals surface area contributed by atoms with E-state index in [-0.39, 0.29) is 11.9 Å². The number of carbonyl (C=O) groups excluding carboxylic acids is 1. The predicted octanol–water partition coefficient (Wildman–Crippen LogP) is 0.922. The largest absolute Gasteiger partial charge is 0.353 e. The molecule has 15 heavy (non-hydrogen) atoms. The lowest BCUT2D eigenvalue weighted by Crippen LogP contribution is -2.53. The van der Waals surface area contributed by atoms with Gasteiger partial charge in [-0.05, 0) is 46.7 Å². The Kier molecular flexibility index (Phi) is 3.58. The quantitative estimate of drug-likeness (QED) is 0.797. The molecule has 0 bridgehead atoms. The minimum absolute atomic E-state index is 0.0705. The fourth-order valence-corrected chi connectivity index (χ4v) is 2.03. The van der Waals surface area contributed by atoms with Gasteiger partial charge in [-0.25, -0.2) is 0 Å². The van der Waals surface area contributed by atoms with E-state index in [1.807, 2.05) is 0 Å². The van der Waals surface area contributed by atoms with Crippen LogP contribution in [0, 0.1) is 3.57 Å². The number of amides is 1. The standard InChI is InChI=1S/C11H13IN2O/c12-9-3-1-8(2-4-9)7-10-11(15)14-6-5-13-10/h1-4,10,13H,5-7H2,(H,14,15). The van der Waals surface area contributed by atoms with Gasteiger partial charge in [0.05, 0.1) is 6.04 Å². The second-order valence-electron chi connectivity index (χ2n) is 3.63. The molecule has 1 atom stereocenters. The first-order valence-corrected chi connectivity index (χ1v) is 6.09. The third-order valence-corrected chi connectivity index (χ3v) is 3.20. The fourth-order valence-electron chi connectivity index (χ4n) is 1.67. The number of hydrogen-bond acceptors (Lipinski definition) is 2. The van der Waals surface area contributed by atoms with E-state index in [4.69, 9.17) is 0 Å². The van der Waals surface area contributed by atoms with E-state index in [1.54, 1.807) is 0 Å². The van der Waals surface area contributed by atoms with Crippen LogP contribution >= 0.6 is 22.6 Å². The van der Waals surface area contributed by atoms with E-state index in [2.05, 4.69) is 57.5 Å². The highest BCUT2D eigenvalue weighted by atomic mass is 127. The molecule has 1 saturated heterocycles. The van der Waals surface area contributed by atoms with Crippen molar-refractivity contribution < 1.29 is 4.79 Å². The number of piperazine rings is 1. The first-order valence-electron chi connectivity index (χ1n) is 5.01. The Morgan fingerprint density at radius 1 is 1.27 bits per heavy atom. The normalized spacial score (nSPS) is 21.1. The van der Waals surface area contributed by atoms with Gasteiger partial charge in [0.1, 0.15) is 0 Å². The molecular weight excluding hydrogens is 303 g/mol. The molecule has 0 aliphatic carbocycles. The Balaban J connectivity index is 2.01. The molecule has 1 aromatic rings. The average molecular weight is 316 g/mol. The molecule has 1 fully saturated rings. The first kappa shape index (κ1) is 10.9. The van der Waals surface area contributed by atoms with Gasteiger partial charge in [0.2, 0.25) is 5.91 Å². The van der Waals surface area contributed by atoms with Crippen molar-refractivity contribution in [3.05, 3.63) is 33.4 Å². The Bertz CT molecular complexity index is 350. The minimum Gasteiger partial charge on any atom is -0.353 e. The van der Waals surface area contributed by atoms with Gasteiger partial charge in [0.15, 0.2) is 0 Å². The van der Waals surface area contributed by atoms with Crippen LogP contribution in [-0.4, -0.2) is 25.0 Å². The summed E-state index contributed by atoms with van der Waals surface area (Å²) in [5.41, 5.74) is 1.20. The van der Waals surface area contributed by atoms with Crippen molar-refractivity contribution in [1.29, 1.82) is 0 Å². The molecule has 0 saturated carbocycles. The van der Waals surface area contributed by atoms with Crippen molar-refractivity contribution in [1.82, 2.24) is 10.6 Å². The Morgan fingerprint density at radius 2 is 2.00 bits per heavy atom. The summed E-state index contributed by atoms with van der Waals surface area (Å²) in [7, 11) is 0. The highest BCUT2D eigenvalue weighted by Gasteiger charge is 2.21. The van der Waals surface area contributed by atoms with Crippen LogP contribution in [0.2, 0.25) is 0 Å². The predicted molar refractivity (Wildman–Crippen MR) is 67.7 cm³/mol. The Morgan fingerprint density at radius 3 is 2.67 bits per heavy atom. The van der Waals surface area contributed by atoms with Crippen LogP contribution in [0.15, 0.2) is 24.3 Å². The van der Waals surface area contributed by atoms with Gasteiger partial charge in [0, 0.05) is 16.7 Å². The van der Waals surface area contributed by atoms with Gasteiger partial charge in [0.25, 0.3) is 0 Å². The zero-order chi connectivity index (χ0) is 10.7. The molecule has 2 N–H and O–H groups in total. The number of carbonyl (C=O) groups is 1. The van der Waals surface area contributed by atoms with Crippen LogP contribution in [0.3, 0.4) is 0 Å². The van der Waals surface area contributed by atoms with Gasteiger partial charge in [-0.3, -0.25) is 4.79 Å².